The average Bonchev–Trinajstić information content (AvgIpc) is 2.15. The lowest BCUT2D eigenvalue weighted by Crippen LogP contribution is -2.46. The van der Waals surface area contributed by atoms with Gasteiger partial charge in [0.1, 0.15) is 0 Å². The Balaban J connectivity index is 2.21. The molecule has 1 rings (SSSR count). The van der Waals surface area contributed by atoms with Crippen molar-refractivity contribution in [3.05, 3.63) is 0 Å². The summed E-state index contributed by atoms with van der Waals surface area (Å²) < 4.78 is 44.0. The number of halogens is 3. The minimum Gasteiger partial charge on any atom is -0.388 e. The molecule has 1 fully saturated rings. The largest absolute Gasteiger partial charge is 0.522 e. The summed E-state index contributed by atoms with van der Waals surface area (Å²) in [6.45, 7) is 1.01. The molecule has 4 nitrogen and oxygen atoms in total. The molecule has 1 N–H and O–H groups in total. The van der Waals surface area contributed by atoms with Crippen molar-refractivity contribution in [3.63, 3.8) is 0 Å². The molecule has 0 atom stereocenters. The van der Waals surface area contributed by atoms with Gasteiger partial charge in [-0.05, 0) is 7.05 Å². The maximum atomic E-state index is 11.7. The first-order chi connectivity index (χ1) is 7.81. The van der Waals surface area contributed by atoms with Gasteiger partial charge < -0.3 is 14.7 Å². The monoisotopic (exact) mass is 257 g/mol. The van der Waals surface area contributed by atoms with Crippen LogP contribution >= 0.6 is 0 Å². The van der Waals surface area contributed by atoms with Crippen molar-refractivity contribution in [1.82, 2.24) is 4.90 Å². The highest BCUT2D eigenvalue weighted by atomic mass is 19.4. The van der Waals surface area contributed by atoms with Gasteiger partial charge in [-0.15, -0.1) is 13.2 Å². The van der Waals surface area contributed by atoms with Crippen LogP contribution in [0, 0.1) is 0 Å². The summed E-state index contributed by atoms with van der Waals surface area (Å²) in [4.78, 5) is 1.64. The second kappa shape index (κ2) is 5.99. The molecule has 1 saturated heterocycles. The SMILES string of the molecule is CN(CCOC(F)(F)F)CC1(O)CCOCC1. The van der Waals surface area contributed by atoms with Gasteiger partial charge in [0, 0.05) is 39.1 Å². The summed E-state index contributed by atoms with van der Waals surface area (Å²) in [5, 5.41) is 10.1. The van der Waals surface area contributed by atoms with Gasteiger partial charge in [0.25, 0.3) is 0 Å². The summed E-state index contributed by atoms with van der Waals surface area (Å²) >= 11 is 0. The molecule has 0 unspecified atom stereocenters. The summed E-state index contributed by atoms with van der Waals surface area (Å²) in [5.41, 5.74) is -0.856. The number of nitrogens with zero attached hydrogens (tertiary/aromatic N) is 1. The van der Waals surface area contributed by atoms with Crippen LogP contribution in [-0.2, 0) is 9.47 Å². The number of hydrogen-bond acceptors (Lipinski definition) is 4. The molecule has 0 aromatic heterocycles. The molecule has 102 valence electrons. The van der Waals surface area contributed by atoms with E-state index in [9.17, 15) is 18.3 Å². The van der Waals surface area contributed by atoms with Crippen LogP contribution in [0.3, 0.4) is 0 Å². The molecule has 0 saturated carbocycles. The molecule has 0 bridgehead atoms. The predicted octanol–water partition coefficient (Wildman–Crippen LogP) is 0.996. The molecular weight excluding hydrogens is 239 g/mol. The molecule has 0 aromatic rings. The zero-order chi connectivity index (χ0) is 12.9. The number of rotatable bonds is 5. The Kier molecular flexibility index (Phi) is 5.18. The lowest BCUT2D eigenvalue weighted by molar-refractivity contribution is -0.325. The highest BCUT2D eigenvalue weighted by Gasteiger charge is 2.32. The van der Waals surface area contributed by atoms with Gasteiger partial charge in [-0.25, -0.2) is 0 Å². The molecule has 1 aliphatic rings. The van der Waals surface area contributed by atoms with Crippen LogP contribution in [-0.4, -0.2) is 61.9 Å². The van der Waals surface area contributed by atoms with E-state index in [2.05, 4.69) is 4.74 Å². The Morgan fingerprint density at radius 3 is 2.47 bits per heavy atom. The zero-order valence-corrected chi connectivity index (χ0v) is 9.79. The number of ether oxygens (including phenoxy) is 2. The number of hydrogen-bond donors (Lipinski definition) is 1. The molecule has 7 heteroatoms. The third-order valence-electron chi connectivity index (χ3n) is 2.73. The van der Waals surface area contributed by atoms with Crippen LogP contribution < -0.4 is 0 Å². The van der Waals surface area contributed by atoms with E-state index >= 15 is 0 Å². The maximum Gasteiger partial charge on any atom is 0.522 e. The van der Waals surface area contributed by atoms with E-state index in [-0.39, 0.29) is 6.54 Å². The van der Waals surface area contributed by atoms with E-state index in [1.54, 1.807) is 11.9 Å². The third kappa shape index (κ3) is 6.21. The smallest absolute Gasteiger partial charge is 0.388 e. The second-order valence-corrected chi connectivity index (χ2v) is 4.37. The van der Waals surface area contributed by atoms with Gasteiger partial charge in [-0.2, -0.15) is 0 Å². The summed E-state index contributed by atoms with van der Waals surface area (Å²) in [7, 11) is 1.66. The Labute approximate surface area is 98.3 Å². The summed E-state index contributed by atoms with van der Waals surface area (Å²) in [6.07, 6.45) is -3.56. The lowest BCUT2D eigenvalue weighted by Gasteiger charge is -2.35. The fraction of sp³-hybridized carbons (Fsp3) is 1.00. The van der Waals surface area contributed by atoms with Gasteiger partial charge in [0.2, 0.25) is 0 Å². The molecule has 0 spiro atoms. The van der Waals surface area contributed by atoms with Crippen molar-refractivity contribution < 1.29 is 27.8 Å². The zero-order valence-electron chi connectivity index (χ0n) is 9.79. The molecule has 0 aliphatic carbocycles. The van der Waals surface area contributed by atoms with Crippen molar-refractivity contribution in [2.24, 2.45) is 0 Å². The van der Waals surface area contributed by atoms with Crippen molar-refractivity contribution in [2.45, 2.75) is 24.8 Å². The third-order valence-corrected chi connectivity index (χ3v) is 2.73. The molecule has 0 radical (unpaired) electrons. The minimum atomic E-state index is -4.59. The van der Waals surface area contributed by atoms with Crippen LogP contribution in [0.2, 0.25) is 0 Å². The number of alkyl halides is 3. The highest BCUT2D eigenvalue weighted by Crippen LogP contribution is 2.21. The molecule has 0 amide bonds. The number of likely N-dealkylation sites (N-methyl/N-ethyl adjacent to an activating group) is 1. The van der Waals surface area contributed by atoms with Crippen LogP contribution in [0.15, 0.2) is 0 Å². The van der Waals surface area contributed by atoms with Crippen molar-refractivity contribution in [2.75, 3.05) is 40.0 Å². The summed E-state index contributed by atoms with van der Waals surface area (Å²) in [6, 6.07) is 0. The van der Waals surface area contributed by atoms with E-state index in [1.165, 1.54) is 0 Å². The minimum absolute atomic E-state index is 0.128. The maximum absolute atomic E-state index is 11.7. The molecular formula is C10H18F3NO3. The van der Waals surface area contributed by atoms with Crippen LogP contribution in [0.4, 0.5) is 13.2 Å². The van der Waals surface area contributed by atoms with Crippen LogP contribution in [0.25, 0.3) is 0 Å². The van der Waals surface area contributed by atoms with Gasteiger partial charge >= 0.3 is 6.36 Å². The summed E-state index contributed by atoms with van der Waals surface area (Å²) in [5.74, 6) is 0. The van der Waals surface area contributed by atoms with E-state index in [1.807, 2.05) is 0 Å². The first kappa shape index (κ1) is 14.7. The van der Waals surface area contributed by atoms with Crippen LogP contribution in [0.1, 0.15) is 12.8 Å². The topological polar surface area (TPSA) is 41.9 Å². The average molecular weight is 257 g/mol. The first-order valence-corrected chi connectivity index (χ1v) is 5.50. The van der Waals surface area contributed by atoms with Crippen LogP contribution in [0.5, 0.6) is 0 Å². The van der Waals surface area contributed by atoms with Crippen molar-refractivity contribution in [3.8, 4) is 0 Å². The Morgan fingerprint density at radius 2 is 1.94 bits per heavy atom. The van der Waals surface area contributed by atoms with Crippen molar-refractivity contribution in [1.29, 1.82) is 0 Å². The van der Waals surface area contributed by atoms with E-state index in [0.29, 0.717) is 32.6 Å². The first-order valence-electron chi connectivity index (χ1n) is 5.50. The fourth-order valence-corrected chi connectivity index (χ4v) is 1.81. The molecule has 17 heavy (non-hydrogen) atoms. The normalized spacial score (nSPS) is 20.8. The predicted molar refractivity (Wildman–Crippen MR) is 54.5 cm³/mol. The highest BCUT2D eigenvalue weighted by molar-refractivity contribution is 4.83. The Bertz CT molecular complexity index is 229. The Hall–Kier alpha value is -0.370. The lowest BCUT2D eigenvalue weighted by atomic mass is 9.94. The van der Waals surface area contributed by atoms with Gasteiger partial charge in [-0.3, -0.25) is 4.74 Å². The quantitative estimate of drug-likeness (QED) is 0.797. The fourth-order valence-electron chi connectivity index (χ4n) is 1.81. The molecule has 1 heterocycles. The van der Waals surface area contributed by atoms with E-state index < -0.39 is 18.6 Å². The second-order valence-electron chi connectivity index (χ2n) is 4.37. The van der Waals surface area contributed by atoms with E-state index in [4.69, 9.17) is 4.74 Å². The van der Waals surface area contributed by atoms with Gasteiger partial charge in [0.15, 0.2) is 0 Å². The van der Waals surface area contributed by atoms with Gasteiger partial charge in [-0.1, -0.05) is 0 Å². The molecule has 1 aliphatic heterocycles. The molecule has 0 aromatic carbocycles. The van der Waals surface area contributed by atoms with Gasteiger partial charge in [0.05, 0.1) is 12.2 Å². The Morgan fingerprint density at radius 1 is 1.35 bits per heavy atom. The standard InChI is InChI=1S/C10H18F3NO3/c1-14(4-7-17-10(11,12)13)8-9(15)2-5-16-6-3-9/h15H,2-8H2,1H3. The van der Waals surface area contributed by atoms with E-state index in [0.717, 1.165) is 0 Å². The van der Waals surface area contributed by atoms with Crippen molar-refractivity contribution >= 4 is 0 Å². The number of aliphatic hydroxyl groups is 1.